The second-order valence-corrected chi connectivity index (χ2v) is 4.96. The van der Waals surface area contributed by atoms with Gasteiger partial charge in [-0.1, -0.05) is 29.8 Å². The maximum absolute atomic E-state index is 12.0. The predicted octanol–water partition coefficient (Wildman–Crippen LogP) is 2.15. The summed E-state index contributed by atoms with van der Waals surface area (Å²) < 4.78 is 1.55. The van der Waals surface area contributed by atoms with Crippen molar-refractivity contribution in [2.45, 2.75) is 13.3 Å². The average molecular weight is 293 g/mol. The van der Waals surface area contributed by atoms with Gasteiger partial charge in [0.2, 0.25) is 5.91 Å². The number of amides is 1. The molecule has 1 amide bonds. The van der Waals surface area contributed by atoms with Gasteiger partial charge in [0.25, 0.3) is 0 Å². The largest absolute Gasteiger partial charge is 0.324 e. The highest BCUT2D eigenvalue weighted by molar-refractivity contribution is 5.92. The van der Waals surface area contributed by atoms with Gasteiger partial charge in [-0.2, -0.15) is 5.10 Å². The zero-order valence-electron chi connectivity index (χ0n) is 12.1. The maximum Gasteiger partial charge on any atom is 0.228 e. The summed E-state index contributed by atoms with van der Waals surface area (Å²) in [7, 11) is 0. The van der Waals surface area contributed by atoms with Crippen LogP contribution in [0.25, 0.3) is 5.82 Å². The van der Waals surface area contributed by atoms with Crippen LogP contribution < -0.4 is 5.32 Å². The van der Waals surface area contributed by atoms with Gasteiger partial charge in [-0.15, -0.1) is 0 Å². The molecule has 0 aliphatic rings. The van der Waals surface area contributed by atoms with Crippen molar-refractivity contribution in [2.24, 2.45) is 0 Å². The van der Waals surface area contributed by atoms with E-state index in [9.17, 15) is 4.79 Å². The van der Waals surface area contributed by atoms with E-state index >= 15 is 0 Å². The SMILES string of the molecule is Cc1ccc(CC(=O)Nc2ccc(-n3cncn3)nc2)cc1. The van der Waals surface area contributed by atoms with E-state index in [-0.39, 0.29) is 5.91 Å². The molecular weight excluding hydrogens is 278 g/mol. The van der Waals surface area contributed by atoms with Crippen molar-refractivity contribution in [1.82, 2.24) is 19.7 Å². The molecule has 0 aliphatic heterocycles. The first-order valence-electron chi connectivity index (χ1n) is 6.87. The smallest absolute Gasteiger partial charge is 0.228 e. The number of rotatable bonds is 4. The Bertz CT molecular complexity index is 748. The lowest BCUT2D eigenvalue weighted by Crippen LogP contribution is -2.14. The minimum atomic E-state index is -0.0702. The monoisotopic (exact) mass is 293 g/mol. The van der Waals surface area contributed by atoms with Crippen molar-refractivity contribution in [3.63, 3.8) is 0 Å². The highest BCUT2D eigenvalue weighted by atomic mass is 16.1. The van der Waals surface area contributed by atoms with Crippen molar-refractivity contribution in [1.29, 1.82) is 0 Å². The molecule has 0 bridgehead atoms. The second kappa shape index (κ2) is 6.17. The van der Waals surface area contributed by atoms with Crippen LogP contribution in [0.3, 0.4) is 0 Å². The molecule has 0 fully saturated rings. The van der Waals surface area contributed by atoms with Gasteiger partial charge in [-0.25, -0.2) is 14.6 Å². The van der Waals surface area contributed by atoms with Crippen molar-refractivity contribution in [3.8, 4) is 5.82 Å². The molecule has 1 N–H and O–H groups in total. The zero-order valence-corrected chi connectivity index (χ0v) is 12.1. The van der Waals surface area contributed by atoms with E-state index in [4.69, 9.17) is 0 Å². The van der Waals surface area contributed by atoms with E-state index in [0.717, 1.165) is 5.56 Å². The summed E-state index contributed by atoms with van der Waals surface area (Å²) >= 11 is 0. The van der Waals surface area contributed by atoms with Crippen LogP contribution in [0.2, 0.25) is 0 Å². The molecule has 3 aromatic rings. The highest BCUT2D eigenvalue weighted by Gasteiger charge is 2.05. The van der Waals surface area contributed by atoms with Gasteiger partial charge in [0.05, 0.1) is 18.3 Å². The third kappa shape index (κ3) is 3.35. The minimum Gasteiger partial charge on any atom is -0.324 e. The van der Waals surface area contributed by atoms with E-state index in [1.54, 1.807) is 29.3 Å². The van der Waals surface area contributed by atoms with Crippen molar-refractivity contribution in [3.05, 3.63) is 66.4 Å². The molecule has 0 radical (unpaired) electrons. The van der Waals surface area contributed by atoms with Crippen molar-refractivity contribution >= 4 is 11.6 Å². The number of aryl methyl sites for hydroxylation is 1. The molecular formula is C16H15N5O. The molecule has 22 heavy (non-hydrogen) atoms. The summed E-state index contributed by atoms with van der Waals surface area (Å²) in [6, 6.07) is 11.5. The summed E-state index contributed by atoms with van der Waals surface area (Å²) in [6.07, 6.45) is 4.95. The topological polar surface area (TPSA) is 72.7 Å². The molecule has 0 unspecified atom stereocenters. The molecule has 6 nitrogen and oxygen atoms in total. The van der Waals surface area contributed by atoms with Crippen LogP contribution in [0.15, 0.2) is 55.2 Å². The van der Waals surface area contributed by atoms with E-state index in [1.807, 2.05) is 31.2 Å². The maximum atomic E-state index is 12.0. The Balaban J connectivity index is 1.63. The Kier molecular flexibility index (Phi) is 3.91. The summed E-state index contributed by atoms with van der Waals surface area (Å²) in [5.74, 6) is 0.577. The summed E-state index contributed by atoms with van der Waals surface area (Å²) in [6.45, 7) is 2.02. The van der Waals surface area contributed by atoms with Gasteiger partial charge in [0.1, 0.15) is 12.7 Å². The number of benzene rings is 1. The first-order chi connectivity index (χ1) is 10.7. The molecule has 0 atom stereocenters. The Labute approximate surface area is 127 Å². The van der Waals surface area contributed by atoms with Gasteiger partial charge < -0.3 is 5.32 Å². The van der Waals surface area contributed by atoms with Crippen LogP contribution in [0.5, 0.6) is 0 Å². The number of aromatic nitrogens is 4. The van der Waals surface area contributed by atoms with Crippen LogP contribution in [0, 0.1) is 6.92 Å². The normalized spacial score (nSPS) is 10.4. The highest BCUT2D eigenvalue weighted by Crippen LogP contribution is 2.10. The molecule has 3 rings (SSSR count). The van der Waals surface area contributed by atoms with Crippen LogP contribution in [0.1, 0.15) is 11.1 Å². The van der Waals surface area contributed by atoms with Gasteiger partial charge in [0, 0.05) is 0 Å². The molecule has 0 saturated heterocycles. The van der Waals surface area contributed by atoms with Crippen molar-refractivity contribution in [2.75, 3.05) is 5.32 Å². The van der Waals surface area contributed by atoms with Gasteiger partial charge in [-0.3, -0.25) is 4.79 Å². The number of hydrogen-bond acceptors (Lipinski definition) is 4. The number of hydrogen-bond donors (Lipinski definition) is 1. The molecule has 110 valence electrons. The van der Waals surface area contributed by atoms with Crippen LogP contribution in [-0.2, 0) is 11.2 Å². The van der Waals surface area contributed by atoms with E-state index in [2.05, 4.69) is 20.4 Å². The summed E-state index contributed by atoms with van der Waals surface area (Å²) in [4.78, 5) is 20.1. The fraction of sp³-hybridized carbons (Fsp3) is 0.125. The van der Waals surface area contributed by atoms with E-state index in [0.29, 0.717) is 17.9 Å². The Morgan fingerprint density at radius 3 is 2.64 bits per heavy atom. The average Bonchev–Trinajstić information content (AvgIpc) is 3.05. The summed E-state index contributed by atoms with van der Waals surface area (Å²) in [5, 5.41) is 6.83. The van der Waals surface area contributed by atoms with E-state index in [1.165, 1.54) is 11.9 Å². The fourth-order valence-corrected chi connectivity index (χ4v) is 2.02. The second-order valence-electron chi connectivity index (χ2n) is 4.96. The summed E-state index contributed by atoms with van der Waals surface area (Å²) in [5.41, 5.74) is 2.81. The number of nitrogens with zero attached hydrogens (tertiary/aromatic N) is 4. The Morgan fingerprint density at radius 2 is 2.00 bits per heavy atom. The Hall–Kier alpha value is -3.02. The van der Waals surface area contributed by atoms with Gasteiger partial charge in [0.15, 0.2) is 5.82 Å². The van der Waals surface area contributed by atoms with Crippen LogP contribution >= 0.6 is 0 Å². The third-order valence-corrected chi connectivity index (χ3v) is 3.17. The lowest BCUT2D eigenvalue weighted by Gasteiger charge is -2.06. The van der Waals surface area contributed by atoms with E-state index < -0.39 is 0 Å². The Morgan fingerprint density at radius 1 is 1.18 bits per heavy atom. The number of pyridine rings is 1. The fourth-order valence-electron chi connectivity index (χ4n) is 2.02. The number of carbonyl (C=O) groups is 1. The first-order valence-corrected chi connectivity index (χ1v) is 6.87. The lowest BCUT2D eigenvalue weighted by molar-refractivity contribution is -0.115. The molecule has 6 heteroatoms. The molecule has 2 heterocycles. The quantitative estimate of drug-likeness (QED) is 0.800. The molecule has 0 spiro atoms. The number of anilines is 1. The van der Waals surface area contributed by atoms with Crippen molar-refractivity contribution < 1.29 is 4.79 Å². The van der Waals surface area contributed by atoms with Gasteiger partial charge >= 0.3 is 0 Å². The molecule has 2 aromatic heterocycles. The first kappa shape index (κ1) is 13.9. The lowest BCUT2D eigenvalue weighted by atomic mass is 10.1. The zero-order chi connectivity index (χ0) is 15.4. The molecule has 0 saturated carbocycles. The minimum absolute atomic E-state index is 0.0702. The van der Waals surface area contributed by atoms with Crippen LogP contribution in [-0.4, -0.2) is 25.7 Å². The number of carbonyl (C=O) groups excluding carboxylic acids is 1. The standard InChI is InChI=1S/C16H15N5O/c1-12-2-4-13(5-3-12)8-16(22)20-14-6-7-15(18-9-14)21-11-17-10-19-21/h2-7,9-11H,8H2,1H3,(H,20,22). The molecule has 1 aromatic carbocycles. The predicted molar refractivity (Wildman–Crippen MR) is 82.7 cm³/mol. The number of nitrogens with one attached hydrogen (secondary N) is 1. The third-order valence-electron chi connectivity index (χ3n) is 3.17. The molecule has 0 aliphatic carbocycles. The van der Waals surface area contributed by atoms with Gasteiger partial charge in [-0.05, 0) is 24.6 Å². The van der Waals surface area contributed by atoms with Crippen LogP contribution in [0.4, 0.5) is 5.69 Å².